The van der Waals surface area contributed by atoms with Gasteiger partial charge in [-0.25, -0.2) is 8.42 Å². The third kappa shape index (κ3) is 8.17. The first-order valence-corrected chi connectivity index (χ1v) is 19.8. The van der Waals surface area contributed by atoms with Crippen molar-refractivity contribution in [3.05, 3.63) is 0 Å². The summed E-state index contributed by atoms with van der Waals surface area (Å²) in [7, 11) is -3.81. The SMILES string of the molecule is CO[C@@H]1CO[C@@H](OCC[C@@H](CC[C@@H](C)C2[C@@H](O)[C@@H](O)C3[C@]2(C)CCC2[C@@]4(C)CC[C@H](O)[C@H](O)C4[C@@H](OS(=O)(=O)[O-])C[C@]23O)C(C)C)[C@H](O)[C@H]1O.[Na+]. The molecule has 5 aliphatic rings. The van der Waals surface area contributed by atoms with Crippen LogP contribution in [0.1, 0.15) is 86.0 Å². The van der Waals surface area contributed by atoms with E-state index < -0.39 is 106 Å². The molecule has 1 aliphatic heterocycles. The Balaban J connectivity index is 0.00000583. The maximum absolute atomic E-state index is 12.7. The van der Waals surface area contributed by atoms with Crippen molar-refractivity contribution in [2.24, 2.45) is 52.3 Å². The van der Waals surface area contributed by atoms with Crippen LogP contribution in [0.5, 0.6) is 0 Å². The fourth-order valence-corrected chi connectivity index (χ4v) is 12.3. The van der Waals surface area contributed by atoms with Crippen molar-refractivity contribution in [1.29, 1.82) is 0 Å². The predicted molar refractivity (Wildman–Crippen MR) is 177 cm³/mol. The van der Waals surface area contributed by atoms with Gasteiger partial charge in [0.05, 0.1) is 49.3 Å². The van der Waals surface area contributed by atoms with Gasteiger partial charge in [-0.3, -0.25) is 4.18 Å². The quantitative estimate of drug-likeness (QED) is 0.0629. The summed E-state index contributed by atoms with van der Waals surface area (Å²) in [5.41, 5.74) is -3.37. The molecule has 1 saturated heterocycles. The molecule has 0 bridgehead atoms. The topological polar surface area (TPSA) is 236 Å². The molecule has 51 heavy (non-hydrogen) atoms. The average molecular weight is 761 g/mol. The number of aliphatic hydroxyl groups is 7. The second-order valence-electron chi connectivity index (χ2n) is 17.1. The first-order valence-electron chi connectivity index (χ1n) is 18.4. The summed E-state index contributed by atoms with van der Waals surface area (Å²) in [5.74, 6) is -2.26. The molecule has 0 amide bonds. The smallest absolute Gasteiger partial charge is 0.726 e. The van der Waals surface area contributed by atoms with Gasteiger partial charge >= 0.3 is 29.6 Å². The van der Waals surface area contributed by atoms with Crippen molar-refractivity contribution in [2.45, 2.75) is 147 Å². The van der Waals surface area contributed by atoms with Gasteiger partial charge in [0.1, 0.15) is 18.3 Å². The maximum atomic E-state index is 12.7. The fourth-order valence-electron chi connectivity index (χ4n) is 11.8. The van der Waals surface area contributed by atoms with E-state index in [0.29, 0.717) is 44.6 Å². The van der Waals surface area contributed by atoms with E-state index >= 15 is 0 Å². The minimum atomic E-state index is -5.25. The number of fused-ring (bicyclic) bond motifs is 5. The van der Waals surface area contributed by atoms with Gasteiger partial charge in [-0.2, -0.15) is 0 Å². The van der Waals surface area contributed by atoms with Gasteiger partial charge in [0.15, 0.2) is 6.29 Å². The molecule has 5 fully saturated rings. The van der Waals surface area contributed by atoms with Crippen LogP contribution < -0.4 is 29.6 Å². The molecule has 1 heterocycles. The Hall–Kier alpha value is 0.470. The Morgan fingerprint density at radius 1 is 0.863 bits per heavy atom. The van der Waals surface area contributed by atoms with E-state index in [-0.39, 0.29) is 60.8 Å². The van der Waals surface area contributed by atoms with Crippen LogP contribution in [0.15, 0.2) is 0 Å². The van der Waals surface area contributed by atoms with Crippen LogP contribution in [0, 0.1) is 52.3 Å². The van der Waals surface area contributed by atoms with Crippen LogP contribution >= 0.6 is 0 Å². The Labute approximate surface area is 324 Å². The van der Waals surface area contributed by atoms with Crippen molar-refractivity contribution >= 4 is 10.4 Å². The second kappa shape index (κ2) is 16.5. The molecule has 4 unspecified atom stereocenters. The molecule has 18 atom stereocenters. The molecule has 0 radical (unpaired) electrons. The maximum Gasteiger partial charge on any atom is 1.00 e. The molecule has 0 spiro atoms. The van der Waals surface area contributed by atoms with Gasteiger partial charge < -0.3 is 54.5 Å². The number of aliphatic hydroxyl groups excluding tert-OH is 6. The number of hydrogen-bond donors (Lipinski definition) is 7. The molecule has 5 rings (SSSR count). The molecule has 4 saturated carbocycles. The summed E-state index contributed by atoms with van der Waals surface area (Å²) in [4.78, 5) is 0. The zero-order valence-electron chi connectivity index (χ0n) is 31.2. The average Bonchev–Trinajstić information content (AvgIpc) is 3.22. The van der Waals surface area contributed by atoms with Crippen molar-refractivity contribution in [3.63, 3.8) is 0 Å². The minimum absolute atomic E-state index is 0. The molecular weight excluding hydrogens is 699 g/mol. The van der Waals surface area contributed by atoms with Gasteiger partial charge in [0, 0.05) is 25.4 Å². The summed E-state index contributed by atoms with van der Waals surface area (Å²) >= 11 is 0. The predicted octanol–water partition coefficient (Wildman–Crippen LogP) is -2.32. The van der Waals surface area contributed by atoms with Crippen molar-refractivity contribution in [3.8, 4) is 0 Å². The number of hydrogen-bond acceptors (Lipinski definition) is 14. The first-order chi connectivity index (χ1) is 23.2. The Bertz CT molecular complexity index is 1280. The minimum Gasteiger partial charge on any atom is -0.726 e. The molecule has 14 nitrogen and oxygen atoms in total. The second-order valence-corrected chi connectivity index (χ2v) is 18.1. The summed E-state index contributed by atoms with van der Waals surface area (Å²) in [6.07, 6.45) is -6.91. The van der Waals surface area contributed by atoms with Crippen LogP contribution in [0.2, 0.25) is 0 Å². The number of ether oxygens (including phenoxy) is 3. The molecule has 16 heteroatoms. The summed E-state index contributed by atoms with van der Waals surface area (Å²) in [6, 6.07) is 0. The van der Waals surface area contributed by atoms with Gasteiger partial charge in [-0.1, -0.05) is 41.0 Å². The molecule has 0 aromatic carbocycles. The largest absolute Gasteiger partial charge is 1.00 e. The Kier molecular flexibility index (Phi) is 14.3. The number of methoxy groups -OCH3 is 1. The number of rotatable bonds is 12. The van der Waals surface area contributed by atoms with Crippen molar-refractivity contribution in [1.82, 2.24) is 0 Å². The van der Waals surface area contributed by atoms with Gasteiger partial charge in [-0.05, 0) is 78.9 Å². The van der Waals surface area contributed by atoms with E-state index in [4.69, 9.17) is 18.4 Å². The zero-order chi connectivity index (χ0) is 37.1. The summed E-state index contributed by atoms with van der Waals surface area (Å²) in [5, 5.41) is 78.5. The van der Waals surface area contributed by atoms with E-state index in [1.165, 1.54) is 7.11 Å². The standard InChI is InChI=1S/C35H62O14S.Na/c1-17(2)19(11-14-47-32-30(41)27(38)22(46-6)16-48-32)8-7-18(3)24-28(39)29(40)31-34(24,5)13-10-23-33(4)12-9-20(36)26(37)25(33)21(15-35(23,31)42)49-50(43,44)45;/h17-32,36-42H,7-16H2,1-6H3,(H,43,44,45);/q;+1/p-1/t18-,19-,20+,21+,22-,23?,24?,25?,26+,27+,28-,29-,30-,31?,32-,33-,34-,35+;/m1./s1. The normalized spacial score (nSPS) is 48.3. The van der Waals surface area contributed by atoms with Crippen LogP contribution in [-0.2, 0) is 28.8 Å². The third-order valence-electron chi connectivity index (χ3n) is 14.2. The van der Waals surface area contributed by atoms with Crippen LogP contribution in [-0.4, -0.2) is 130 Å². The van der Waals surface area contributed by atoms with Gasteiger partial charge in [0.25, 0.3) is 0 Å². The van der Waals surface area contributed by atoms with Crippen molar-refractivity contribution in [2.75, 3.05) is 20.3 Å². The molecule has 292 valence electrons. The third-order valence-corrected chi connectivity index (χ3v) is 14.7. The molecular formula is C35H61NaO14S. The van der Waals surface area contributed by atoms with Gasteiger partial charge in [-0.15, -0.1) is 0 Å². The van der Waals surface area contributed by atoms with E-state index in [0.717, 1.165) is 6.42 Å². The fraction of sp³-hybridized carbons (Fsp3) is 1.00. The summed E-state index contributed by atoms with van der Waals surface area (Å²) < 4.78 is 57.3. The van der Waals surface area contributed by atoms with Crippen LogP contribution in [0.4, 0.5) is 0 Å². The van der Waals surface area contributed by atoms with Crippen LogP contribution in [0.3, 0.4) is 0 Å². The molecule has 0 aromatic heterocycles. The van der Waals surface area contributed by atoms with Crippen LogP contribution in [0.25, 0.3) is 0 Å². The first kappa shape index (κ1) is 44.2. The molecule has 7 N–H and O–H groups in total. The Morgan fingerprint density at radius 3 is 2.12 bits per heavy atom. The molecule has 4 aliphatic carbocycles. The van der Waals surface area contributed by atoms with E-state index in [1.54, 1.807) is 0 Å². The zero-order valence-corrected chi connectivity index (χ0v) is 34.0. The van der Waals surface area contributed by atoms with Gasteiger partial charge in [0.2, 0.25) is 10.4 Å². The Morgan fingerprint density at radius 2 is 1.51 bits per heavy atom. The van der Waals surface area contributed by atoms with E-state index in [9.17, 15) is 48.7 Å². The summed E-state index contributed by atoms with van der Waals surface area (Å²) in [6.45, 7) is 10.5. The van der Waals surface area contributed by atoms with Crippen molar-refractivity contribution < 1.29 is 96.7 Å². The van der Waals surface area contributed by atoms with E-state index in [2.05, 4.69) is 13.8 Å². The molecule has 0 aromatic rings. The monoisotopic (exact) mass is 760 g/mol. The van der Waals surface area contributed by atoms with E-state index in [1.807, 2.05) is 20.8 Å².